The molecule has 0 radical (unpaired) electrons. The minimum absolute atomic E-state index is 0.0999. The fraction of sp³-hybridized carbons (Fsp3) is 0.385. The molecule has 5 nitrogen and oxygen atoms in total. The van der Waals surface area contributed by atoms with Gasteiger partial charge >= 0.3 is 0 Å². The van der Waals surface area contributed by atoms with Gasteiger partial charge in [-0.2, -0.15) is 0 Å². The summed E-state index contributed by atoms with van der Waals surface area (Å²) in [7, 11) is 0. The Bertz CT molecular complexity index is 1010. The highest BCUT2D eigenvalue weighted by Gasteiger charge is 2.23. The number of carbonyl (C=O) groups excluding carboxylic acids is 1. The first-order chi connectivity index (χ1) is 15.6. The zero-order valence-corrected chi connectivity index (χ0v) is 19.4. The van der Waals surface area contributed by atoms with Gasteiger partial charge in [0.05, 0.1) is 18.1 Å². The second kappa shape index (κ2) is 10.8. The normalized spacial score (nSPS) is 14.6. The minimum atomic E-state index is -0.0999. The second-order valence-electron chi connectivity index (χ2n) is 8.59. The van der Waals surface area contributed by atoms with E-state index in [1.807, 2.05) is 15.7 Å². The number of hydrogen-bond acceptors (Lipinski definition) is 4. The molecule has 6 heteroatoms. The maximum absolute atomic E-state index is 12.8. The number of aliphatic hydroxyl groups is 1. The lowest BCUT2D eigenvalue weighted by Crippen LogP contribution is -2.39. The number of thioether (sulfide) groups is 1. The van der Waals surface area contributed by atoms with E-state index in [2.05, 4.69) is 66.5 Å². The standard InChI is InChI=1S/C26H31N3O2S/c1-20-7-9-23(10-8-20)16-29-17-24(18-30)27-26(29)32-19-25(31)28-13-11-22(12-14-28)15-21-5-3-2-4-6-21/h2-10,17,22,30H,11-16,18-19H2,1H3. The van der Waals surface area contributed by atoms with E-state index in [0.717, 1.165) is 37.5 Å². The zero-order valence-electron chi connectivity index (χ0n) is 18.6. The molecular formula is C26H31N3O2S. The molecule has 4 rings (SSSR count). The fourth-order valence-electron chi connectivity index (χ4n) is 4.20. The van der Waals surface area contributed by atoms with Crippen LogP contribution in [0.3, 0.4) is 0 Å². The molecule has 0 atom stereocenters. The summed E-state index contributed by atoms with van der Waals surface area (Å²) >= 11 is 1.46. The number of nitrogens with zero attached hydrogens (tertiary/aromatic N) is 3. The molecule has 1 fully saturated rings. The molecule has 1 amide bonds. The predicted molar refractivity (Wildman–Crippen MR) is 129 cm³/mol. The van der Waals surface area contributed by atoms with Crippen LogP contribution in [0, 0.1) is 12.8 Å². The zero-order chi connectivity index (χ0) is 22.3. The molecule has 1 saturated heterocycles. The first-order valence-electron chi connectivity index (χ1n) is 11.3. The Labute approximate surface area is 194 Å². The van der Waals surface area contributed by atoms with Crippen molar-refractivity contribution < 1.29 is 9.90 Å². The average molecular weight is 450 g/mol. The van der Waals surface area contributed by atoms with Crippen LogP contribution >= 0.6 is 11.8 Å². The summed E-state index contributed by atoms with van der Waals surface area (Å²) in [5, 5.41) is 10.3. The highest BCUT2D eigenvalue weighted by Crippen LogP contribution is 2.24. The molecule has 0 saturated carbocycles. The van der Waals surface area contributed by atoms with Crippen LogP contribution in [0.5, 0.6) is 0 Å². The Kier molecular flexibility index (Phi) is 7.66. The van der Waals surface area contributed by atoms with Crippen molar-refractivity contribution in [2.75, 3.05) is 18.8 Å². The largest absolute Gasteiger partial charge is 0.390 e. The number of benzene rings is 2. The summed E-state index contributed by atoms with van der Waals surface area (Å²) in [5.41, 5.74) is 4.41. The summed E-state index contributed by atoms with van der Waals surface area (Å²) in [6.45, 7) is 4.31. The van der Waals surface area contributed by atoms with Gasteiger partial charge in [0.15, 0.2) is 5.16 Å². The molecule has 1 N–H and O–H groups in total. The van der Waals surface area contributed by atoms with Gasteiger partial charge in [-0.15, -0.1) is 0 Å². The van der Waals surface area contributed by atoms with Gasteiger partial charge in [-0.1, -0.05) is 71.9 Å². The number of aromatic nitrogens is 2. The first-order valence-corrected chi connectivity index (χ1v) is 12.3. The van der Waals surface area contributed by atoms with Gasteiger partial charge in [0, 0.05) is 25.8 Å². The molecule has 0 spiro atoms. The lowest BCUT2D eigenvalue weighted by atomic mass is 9.90. The van der Waals surface area contributed by atoms with Crippen molar-refractivity contribution in [3.63, 3.8) is 0 Å². The highest BCUT2D eigenvalue weighted by molar-refractivity contribution is 7.99. The number of rotatable bonds is 8. The Hall–Kier alpha value is -2.57. The smallest absolute Gasteiger partial charge is 0.233 e. The summed E-state index contributed by atoms with van der Waals surface area (Å²) < 4.78 is 2.03. The summed E-state index contributed by atoms with van der Waals surface area (Å²) in [4.78, 5) is 19.4. The molecule has 1 aromatic heterocycles. The van der Waals surface area contributed by atoms with E-state index < -0.39 is 0 Å². The summed E-state index contributed by atoms with van der Waals surface area (Å²) in [6.07, 6.45) is 5.09. The number of piperidine rings is 1. The summed E-state index contributed by atoms with van der Waals surface area (Å²) in [5.74, 6) is 1.19. The van der Waals surface area contributed by atoms with Crippen molar-refractivity contribution in [2.24, 2.45) is 5.92 Å². The highest BCUT2D eigenvalue weighted by atomic mass is 32.2. The average Bonchev–Trinajstić information content (AvgIpc) is 3.22. The number of carbonyl (C=O) groups is 1. The van der Waals surface area contributed by atoms with Crippen LogP contribution in [0.1, 0.15) is 35.2 Å². The lowest BCUT2D eigenvalue weighted by Gasteiger charge is -2.32. The van der Waals surface area contributed by atoms with E-state index in [9.17, 15) is 9.90 Å². The SMILES string of the molecule is Cc1ccc(Cn2cc(CO)nc2SCC(=O)N2CCC(Cc3ccccc3)CC2)cc1. The van der Waals surface area contributed by atoms with Crippen LogP contribution in [-0.4, -0.2) is 44.3 Å². The van der Waals surface area contributed by atoms with Gasteiger partial charge in [0.25, 0.3) is 0 Å². The van der Waals surface area contributed by atoms with Gasteiger partial charge in [-0.25, -0.2) is 4.98 Å². The van der Waals surface area contributed by atoms with Gasteiger partial charge in [0.2, 0.25) is 5.91 Å². The molecule has 0 bridgehead atoms. The van der Waals surface area contributed by atoms with Gasteiger partial charge in [-0.3, -0.25) is 4.79 Å². The third-order valence-corrected chi connectivity index (χ3v) is 7.06. The Morgan fingerprint density at radius 1 is 1.06 bits per heavy atom. The van der Waals surface area contributed by atoms with E-state index in [1.54, 1.807) is 0 Å². The predicted octanol–water partition coefficient (Wildman–Crippen LogP) is 4.31. The molecular weight excluding hydrogens is 418 g/mol. The van der Waals surface area contributed by atoms with Gasteiger partial charge in [-0.05, 0) is 43.2 Å². The molecule has 1 aliphatic rings. The fourth-order valence-corrected chi connectivity index (χ4v) is 5.10. The molecule has 3 aromatic rings. The number of imidazole rings is 1. The molecule has 168 valence electrons. The van der Waals surface area contributed by atoms with Crippen LogP contribution in [0.4, 0.5) is 0 Å². The van der Waals surface area contributed by atoms with E-state index in [4.69, 9.17) is 0 Å². The molecule has 1 aliphatic heterocycles. The Morgan fingerprint density at radius 3 is 2.47 bits per heavy atom. The third-order valence-electron chi connectivity index (χ3n) is 6.08. The molecule has 2 aromatic carbocycles. The van der Waals surface area contributed by atoms with Gasteiger partial charge in [0.1, 0.15) is 0 Å². The third kappa shape index (κ3) is 6.02. The summed E-state index contributed by atoms with van der Waals surface area (Å²) in [6, 6.07) is 19.0. The molecule has 0 unspecified atom stereocenters. The molecule has 2 heterocycles. The molecule has 0 aliphatic carbocycles. The number of likely N-dealkylation sites (tertiary alicyclic amines) is 1. The van der Waals surface area contributed by atoms with Crippen molar-refractivity contribution in [3.05, 3.63) is 83.2 Å². The van der Waals surface area contributed by atoms with Crippen LogP contribution in [0.2, 0.25) is 0 Å². The second-order valence-corrected chi connectivity index (χ2v) is 9.53. The number of amides is 1. The Balaban J connectivity index is 1.30. The van der Waals surface area contributed by atoms with E-state index in [1.165, 1.54) is 28.5 Å². The van der Waals surface area contributed by atoms with Crippen molar-refractivity contribution >= 4 is 17.7 Å². The lowest BCUT2D eigenvalue weighted by molar-refractivity contribution is -0.129. The quantitative estimate of drug-likeness (QED) is 0.521. The monoisotopic (exact) mass is 449 g/mol. The first kappa shape index (κ1) is 22.6. The van der Waals surface area contributed by atoms with Crippen LogP contribution < -0.4 is 0 Å². The van der Waals surface area contributed by atoms with Crippen LogP contribution in [0.15, 0.2) is 66.0 Å². The van der Waals surface area contributed by atoms with E-state index >= 15 is 0 Å². The van der Waals surface area contributed by atoms with Crippen molar-refractivity contribution in [1.29, 1.82) is 0 Å². The van der Waals surface area contributed by atoms with Crippen molar-refractivity contribution in [2.45, 2.75) is 44.5 Å². The number of aryl methyl sites for hydroxylation is 1. The van der Waals surface area contributed by atoms with Crippen molar-refractivity contribution in [1.82, 2.24) is 14.5 Å². The van der Waals surface area contributed by atoms with Crippen molar-refractivity contribution in [3.8, 4) is 0 Å². The van der Waals surface area contributed by atoms with Crippen LogP contribution in [0.25, 0.3) is 0 Å². The molecule has 32 heavy (non-hydrogen) atoms. The number of aliphatic hydroxyl groups excluding tert-OH is 1. The van der Waals surface area contributed by atoms with Crippen LogP contribution in [-0.2, 0) is 24.4 Å². The van der Waals surface area contributed by atoms with Gasteiger partial charge < -0.3 is 14.6 Å². The maximum Gasteiger partial charge on any atom is 0.233 e. The topological polar surface area (TPSA) is 58.4 Å². The number of hydrogen-bond donors (Lipinski definition) is 1. The maximum atomic E-state index is 12.8. The van der Waals surface area contributed by atoms with E-state index in [0.29, 0.717) is 23.9 Å². The minimum Gasteiger partial charge on any atom is -0.390 e. The Morgan fingerprint density at radius 2 is 1.78 bits per heavy atom. The van der Waals surface area contributed by atoms with E-state index in [-0.39, 0.29) is 12.5 Å².